The Balaban J connectivity index is 1.55. The monoisotopic (exact) mass is 368 g/mol. The molecule has 0 aromatic heterocycles. The highest BCUT2D eigenvalue weighted by Gasteiger charge is 2.10. The van der Waals surface area contributed by atoms with E-state index >= 15 is 0 Å². The summed E-state index contributed by atoms with van der Waals surface area (Å²) in [5.41, 5.74) is 3.10. The normalized spacial score (nSPS) is 10.6. The molecule has 0 aliphatic heterocycles. The maximum Gasteiger partial charge on any atom is 0.269 e. The quantitative estimate of drug-likeness (QED) is 0.373. The number of carbonyl (C=O) groups is 1. The number of nitrogens with one attached hydrogen (secondary N) is 1. The van der Waals surface area contributed by atoms with Crippen LogP contribution in [-0.2, 0) is 0 Å². The lowest BCUT2D eigenvalue weighted by atomic mass is 10.0. The lowest BCUT2D eigenvalue weighted by Gasteiger charge is -2.09. The van der Waals surface area contributed by atoms with Crippen LogP contribution in [0.4, 0.5) is 11.4 Å². The van der Waals surface area contributed by atoms with Crippen LogP contribution in [0.25, 0.3) is 21.9 Å². The van der Waals surface area contributed by atoms with Gasteiger partial charge in [-0.15, -0.1) is 0 Å². The number of nitrogens with zero attached hydrogens (tertiary/aromatic N) is 1. The molecule has 28 heavy (non-hydrogen) atoms. The van der Waals surface area contributed by atoms with Crippen molar-refractivity contribution in [2.24, 2.45) is 0 Å². The van der Waals surface area contributed by atoms with Crippen molar-refractivity contribution in [2.75, 3.05) is 5.32 Å². The summed E-state index contributed by atoms with van der Waals surface area (Å²) in [6, 6.07) is 27.2. The molecule has 0 radical (unpaired) electrons. The SMILES string of the molecule is O=C(Nc1cccc2ccccc12)c1ccc(-c2ccc([N+](=O)[O-])cc2)cc1. The van der Waals surface area contributed by atoms with Crippen molar-refractivity contribution in [1.29, 1.82) is 0 Å². The molecule has 0 bridgehead atoms. The van der Waals surface area contributed by atoms with Crippen LogP contribution < -0.4 is 5.32 Å². The molecule has 5 heteroatoms. The fraction of sp³-hybridized carbons (Fsp3) is 0. The van der Waals surface area contributed by atoms with Crippen LogP contribution in [0, 0.1) is 10.1 Å². The van der Waals surface area contributed by atoms with Gasteiger partial charge in [-0.05, 0) is 46.8 Å². The van der Waals surface area contributed by atoms with Gasteiger partial charge >= 0.3 is 0 Å². The van der Waals surface area contributed by atoms with E-state index < -0.39 is 4.92 Å². The van der Waals surface area contributed by atoms with Gasteiger partial charge in [0.15, 0.2) is 0 Å². The molecule has 0 unspecified atom stereocenters. The van der Waals surface area contributed by atoms with Crippen molar-refractivity contribution in [3.8, 4) is 11.1 Å². The molecule has 0 spiro atoms. The van der Waals surface area contributed by atoms with Crippen LogP contribution in [0.3, 0.4) is 0 Å². The first-order valence-electron chi connectivity index (χ1n) is 8.76. The minimum Gasteiger partial charge on any atom is -0.321 e. The molecule has 0 atom stereocenters. The number of anilines is 1. The van der Waals surface area contributed by atoms with Gasteiger partial charge in [-0.25, -0.2) is 0 Å². The summed E-state index contributed by atoms with van der Waals surface area (Å²) in [5.74, 6) is -0.188. The van der Waals surface area contributed by atoms with E-state index in [0.717, 1.165) is 27.6 Å². The number of amides is 1. The van der Waals surface area contributed by atoms with Gasteiger partial charge in [0.05, 0.1) is 4.92 Å². The molecular formula is C23H16N2O3. The molecule has 0 aliphatic carbocycles. The number of hydrogen-bond donors (Lipinski definition) is 1. The molecule has 1 N–H and O–H groups in total. The second-order valence-corrected chi connectivity index (χ2v) is 6.36. The number of fused-ring (bicyclic) bond motifs is 1. The predicted octanol–water partition coefficient (Wildman–Crippen LogP) is 5.67. The Morgan fingerprint density at radius 1 is 0.750 bits per heavy atom. The molecule has 0 fully saturated rings. The molecule has 1 amide bonds. The van der Waals surface area contributed by atoms with Crippen molar-refractivity contribution in [2.45, 2.75) is 0 Å². The summed E-state index contributed by atoms with van der Waals surface area (Å²) >= 11 is 0. The van der Waals surface area contributed by atoms with Gasteiger partial charge in [-0.2, -0.15) is 0 Å². The summed E-state index contributed by atoms with van der Waals surface area (Å²) in [4.78, 5) is 23.0. The topological polar surface area (TPSA) is 72.2 Å². The van der Waals surface area contributed by atoms with Gasteiger partial charge in [0.2, 0.25) is 0 Å². The van der Waals surface area contributed by atoms with E-state index in [9.17, 15) is 14.9 Å². The molecule has 136 valence electrons. The van der Waals surface area contributed by atoms with E-state index in [2.05, 4.69) is 5.32 Å². The minimum atomic E-state index is -0.426. The van der Waals surface area contributed by atoms with Gasteiger partial charge in [0.25, 0.3) is 11.6 Å². The molecule has 4 aromatic carbocycles. The second kappa shape index (κ2) is 7.32. The second-order valence-electron chi connectivity index (χ2n) is 6.36. The summed E-state index contributed by atoms with van der Waals surface area (Å²) in [5, 5.41) is 15.8. The van der Waals surface area contributed by atoms with Gasteiger partial charge in [-0.1, -0.05) is 48.5 Å². The average Bonchev–Trinajstić information content (AvgIpc) is 2.74. The van der Waals surface area contributed by atoms with Crippen LogP contribution in [0.1, 0.15) is 10.4 Å². The Labute approximate surface area is 161 Å². The Morgan fingerprint density at radius 3 is 2.04 bits per heavy atom. The van der Waals surface area contributed by atoms with E-state index in [1.807, 2.05) is 54.6 Å². The summed E-state index contributed by atoms with van der Waals surface area (Å²) in [7, 11) is 0. The fourth-order valence-electron chi connectivity index (χ4n) is 3.12. The van der Waals surface area contributed by atoms with Crippen molar-refractivity contribution in [1.82, 2.24) is 0 Å². The molecule has 5 nitrogen and oxygen atoms in total. The minimum absolute atomic E-state index is 0.0508. The predicted molar refractivity (Wildman–Crippen MR) is 110 cm³/mol. The number of hydrogen-bond acceptors (Lipinski definition) is 3. The highest BCUT2D eigenvalue weighted by molar-refractivity contribution is 6.09. The molecule has 0 aliphatic rings. The molecule has 0 saturated carbocycles. The smallest absolute Gasteiger partial charge is 0.269 e. The summed E-state index contributed by atoms with van der Waals surface area (Å²) in [6.07, 6.45) is 0. The number of benzene rings is 4. The first-order valence-corrected chi connectivity index (χ1v) is 8.76. The van der Waals surface area contributed by atoms with E-state index in [0.29, 0.717) is 5.56 Å². The van der Waals surface area contributed by atoms with E-state index in [1.165, 1.54) is 12.1 Å². The lowest BCUT2D eigenvalue weighted by molar-refractivity contribution is -0.384. The standard InChI is InChI=1S/C23H16N2O3/c26-23(24-22-7-3-5-18-4-1-2-6-21(18)22)19-10-8-16(9-11-19)17-12-14-20(15-13-17)25(27)28/h1-15H,(H,24,26). The van der Waals surface area contributed by atoms with E-state index in [4.69, 9.17) is 0 Å². The first-order chi connectivity index (χ1) is 13.6. The number of rotatable bonds is 4. The van der Waals surface area contributed by atoms with Gasteiger partial charge in [-0.3, -0.25) is 14.9 Å². The largest absolute Gasteiger partial charge is 0.321 e. The molecule has 0 heterocycles. The summed E-state index contributed by atoms with van der Waals surface area (Å²) in [6.45, 7) is 0. The Kier molecular flexibility index (Phi) is 4.56. The Morgan fingerprint density at radius 2 is 1.36 bits per heavy atom. The van der Waals surface area contributed by atoms with Crippen molar-refractivity contribution in [3.63, 3.8) is 0 Å². The maximum atomic E-state index is 12.6. The van der Waals surface area contributed by atoms with Crippen molar-refractivity contribution in [3.05, 3.63) is 107 Å². The highest BCUT2D eigenvalue weighted by Crippen LogP contribution is 2.25. The van der Waals surface area contributed by atoms with E-state index in [-0.39, 0.29) is 11.6 Å². The van der Waals surface area contributed by atoms with Crippen molar-refractivity contribution < 1.29 is 9.72 Å². The third-order valence-corrected chi connectivity index (χ3v) is 4.60. The van der Waals surface area contributed by atoms with Crippen LogP contribution in [0.2, 0.25) is 0 Å². The zero-order valence-electron chi connectivity index (χ0n) is 14.8. The third kappa shape index (κ3) is 3.46. The van der Waals surface area contributed by atoms with Gasteiger partial charge < -0.3 is 5.32 Å². The van der Waals surface area contributed by atoms with Gasteiger partial charge in [0, 0.05) is 28.8 Å². The van der Waals surface area contributed by atoms with Crippen LogP contribution >= 0.6 is 0 Å². The zero-order chi connectivity index (χ0) is 19.5. The van der Waals surface area contributed by atoms with Crippen molar-refractivity contribution >= 4 is 28.1 Å². The van der Waals surface area contributed by atoms with Crippen LogP contribution in [-0.4, -0.2) is 10.8 Å². The fourth-order valence-corrected chi connectivity index (χ4v) is 3.12. The number of nitro benzene ring substituents is 1. The van der Waals surface area contributed by atoms with Gasteiger partial charge in [0.1, 0.15) is 0 Å². The Bertz CT molecular complexity index is 1160. The summed E-state index contributed by atoms with van der Waals surface area (Å²) < 4.78 is 0. The molecule has 4 rings (SSSR count). The number of nitro groups is 1. The molecular weight excluding hydrogens is 352 g/mol. The Hall–Kier alpha value is -3.99. The molecule has 4 aromatic rings. The zero-order valence-corrected chi connectivity index (χ0v) is 14.8. The number of non-ortho nitro benzene ring substituents is 1. The number of carbonyl (C=O) groups excluding carboxylic acids is 1. The maximum absolute atomic E-state index is 12.6. The highest BCUT2D eigenvalue weighted by atomic mass is 16.6. The first kappa shape index (κ1) is 17.4. The van der Waals surface area contributed by atoms with E-state index in [1.54, 1.807) is 24.3 Å². The average molecular weight is 368 g/mol. The lowest BCUT2D eigenvalue weighted by Crippen LogP contribution is -2.11. The third-order valence-electron chi connectivity index (χ3n) is 4.60. The van der Waals surface area contributed by atoms with Crippen LogP contribution in [0.15, 0.2) is 91.0 Å². The van der Waals surface area contributed by atoms with Crippen LogP contribution in [0.5, 0.6) is 0 Å². The molecule has 0 saturated heterocycles.